The number of ether oxygens (including phenoxy) is 1. The first kappa shape index (κ1) is 13.1. The van der Waals surface area contributed by atoms with E-state index in [-0.39, 0.29) is 5.97 Å². The van der Waals surface area contributed by atoms with Gasteiger partial charge in [0.2, 0.25) is 0 Å². The fraction of sp³-hybridized carbons (Fsp3) is 0.462. The third-order valence-corrected chi connectivity index (χ3v) is 2.89. The van der Waals surface area contributed by atoms with Crippen molar-refractivity contribution >= 4 is 17.7 Å². The third-order valence-electron chi connectivity index (χ3n) is 1.91. The largest absolute Gasteiger partial charge is 0.465 e. The van der Waals surface area contributed by atoms with Crippen LogP contribution in [0.15, 0.2) is 30.3 Å². The molecule has 0 spiro atoms. The fourth-order valence-corrected chi connectivity index (χ4v) is 1.91. The highest BCUT2D eigenvalue weighted by molar-refractivity contribution is 7.99. The van der Waals surface area contributed by atoms with Crippen molar-refractivity contribution in [1.29, 1.82) is 0 Å². The van der Waals surface area contributed by atoms with Crippen LogP contribution in [0.5, 0.6) is 0 Å². The van der Waals surface area contributed by atoms with Crippen LogP contribution >= 0.6 is 11.8 Å². The Kier molecular flexibility index (Phi) is 6.01. The number of hydrogen-bond donors (Lipinski definition) is 0. The molecule has 88 valence electrons. The Balaban J connectivity index is 2.13. The van der Waals surface area contributed by atoms with Gasteiger partial charge in [-0.15, -0.1) is 11.8 Å². The van der Waals surface area contributed by atoms with Gasteiger partial charge in [-0.25, -0.2) is 0 Å². The van der Waals surface area contributed by atoms with Crippen LogP contribution in [-0.2, 0) is 15.3 Å². The highest BCUT2D eigenvalue weighted by Gasteiger charge is 2.04. The lowest BCUT2D eigenvalue weighted by Crippen LogP contribution is -2.11. The Morgan fingerprint density at radius 1 is 1.31 bits per heavy atom. The summed E-state index contributed by atoms with van der Waals surface area (Å²) in [6.45, 7) is 4.58. The van der Waals surface area contributed by atoms with E-state index in [2.05, 4.69) is 12.1 Å². The van der Waals surface area contributed by atoms with Crippen LogP contribution in [-0.4, -0.2) is 18.3 Å². The molecule has 0 aromatic heterocycles. The fourth-order valence-electron chi connectivity index (χ4n) is 1.13. The summed E-state index contributed by atoms with van der Waals surface area (Å²) in [6, 6.07) is 10.1. The van der Waals surface area contributed by atoms with E-state index in [9.17, 15) is 4.79 Å². The Morgan fingerprint density at radius 3 is 2.62 bits per heavy atom. The zero-order valence-corrected chi connectivity index (χ0v) is 10.6. The molecule has 16 heavy (non-hydrogen) atoms. The van der Waals surface area contributed by atoms with E-state index in [0.29, 0.717) is 18.3 Å². The van der Waals surface area contributed by atoms with E-state index >= 15 is 0 Å². The first-order chi connectivity index (χ1) is 7.68. The summed E-state index contributed by atoms with van der Waals surface area (Å²) in [7, 11) is 0. The van der Waals surface area contributed by atoms with Gasteiger partial charge in [-0.05, 0) is 11.5 Å². The van der Waals surface area contributed by atoms with Gasteiger partial charge in [0.05, 0.1) is 12.4 Å². The van der Waals surface area contributed by atoms with Crippen LogP contribution in [0.1, 0.15) is 19.4 Å². The molecular weight excluding hydrogens is 220 g/mol. The monoisotopic (exact) mass is 238 g/mol. The maximum absolute atomic E-state index is 11.3. The molecular formula is C13H18O2S. The van der Waals surface area contributed by atoms with Crippen molar-refractivity contribution in [2.75, 3.05) is 12.4 Å². The van der Waals surface area contributed by atoms with E-state index < -0.39 is 0 Å². The summed E-state index contributed by atoms with van der Waals surface area (Å²) in [5, 5.41) is 0. The van der Waals surface area contributed by atoms with Crippen molar-refractivity contribution < 1.29 is 9.53 Å². The standard InChI is InChI=1S/C13H18O2S/c1-11(2)8-15-13(14)10-16-9-12-6-4-3-5-7-12/h3-7,11H,8-10H2,1-2H3. The number of rotatable bonds is 6. The Morgan fingerprint density at radius 2 is 2.00 bits per heavy atom. The molecule has 0 fully saturated rings. The average Bonchev–Trinajstić information content (AvgIpc) is 2.28. The van der Waals surface area contributed by atoms with Crippen molar-refractivity contribution in [2.45, 2.75) is 19.6 Å². The van der Waals surface area contributed by atoms with Gasteiger partial charge in [0.1, 0.15) is 0 Å². The molecule has 1 aromatic carbocycles. The Bertz CT molecular complexity index is 309. The molecule has 0 N–H and O–H groups in total. The molecule has 0 saturated heterocycles. The molecule has 0 aliphatic heterocycles. The van der Waals surface area contributed by atoms with Crippen LogP contribution in [0, 0.1) is 5.92 Å². The number of thioether (sulfide) groups is 1. The second-order valence-electron chi connectivity index (χ2n) is 4.06. The average molecular weight is 238 g/mol. The van der Waals surface area contributed by atoms with Gasteiger partial charge in [0.15, 0.2) is 0 Å². The second kappa shape index (κ2) is 7.34. The zero-order valence-electron chi connectivity index (χ0n) is 9.81. The van der Waals surface area contributed by atoms with Crippen LogP contribution in [0.3, 0.4) is 0 Å². The van der Waals surface area contributed by atoms with Crippen molar-refractivity contribution in [3.63, 3.8) is 0 Å². The number of hydrogen-bond acceptors (Lipinski definition) is 3. The second-order valence-corrected chi connectivity index (χ2v) is 5.04. The van der Waals surface area contributed by atoms with E-state index in [4.69, 9.17) is 4.74 Å². The van der Waals surface area contributed by atoms with E-state index in [1.165, 1.54) is 5.56 Å². The highest BCUT2D eigenvalue weighted by atomic mass is 32.2. The minimum atomic E-state index is -0.116. The van der Waals surface area contributed by atoms with Gasteiger partial charge in [-0.1, -0.05) is 44.2 Å². The summed E-state index contributed by atoms with van der Waals surface area (Å²) in [5.74, 6) is 1.58. The Hall–Kier alpha value is -0.960. The van der Waals surface area contributed by atoms with Gasteiger partial charge in [0, 0.05) is 5.75 Å². The normalized spacial score (nSPS) is 10.4. The minimum Gasteiger partial charge on any atom is -0.465 e. The summed E-state index contributed by atoms with van der Waals surface area (Å²) in [4.78, 5) is 11.3. The first-order valence-corrected chi connectivity index (χ1v) is 6.61. The predicted octanol–water partition coefficient (Wildman–Crippen LogP) is 3.12. The molecule has 3 heteroatoms. The number of benzene rings is 1. The molecule has 0 aliphatic carbocycles. The molecule has 1 rings (SSSR count). The summed E-state index contributed by atoms with van der Waals surface area (Å²) in [6.07, 6.45) is 0. The lowest BCUT2D eigenvalue weighted by molar-refractivity contribution is -0.141. The number of carbonyl (C=O) groups excluding carboxylic acids is 1. The zero-order chi connectivity index (χ0) is 11.8. The van der Waals surface area contributed by atoms with Gasteiger partial charge in [0.25, 0.3) is 0 Å². The van der Waals surface area contributed by atoms with Crippen LogP contribution in [0.25, 0.3) is 0 Å². The smallest absolute Gasteiger partial charge is 0.315 e. The molecule has 0 amide bonds. The molecule has 2 nitrogen and oxygen atoms in total. The molecule has 0 radical (unpaired) electrons. The summed E-state index contributed by atoms with van der Waals surface area (Å²) < 4.78 is 5.08. The quantitative estimate of drug-likeness (QED) is 0.712. The van der Waals surface area contributed by atoms with Crippen molar-refractivity contribution in [3.8, 4) is 0 Å². The van der Waals surface area contributed by atoms with Gasteiger partial charge < -0.3 is 4.74 Å². The number of esters is 1. The third kappa shape index (κ3) is 5.81. The Labute approximate surface area is 101 Å². The van der Waals surface area contributed by atoms with Crippen LogP contribution in [0.4, 0.5) is 0 Å². The molecule has 0 atom stereocenters. The van der Waals surface area contributed by atoms with Crippen molar-refractivity contribution in [2.24, 2.45) is 5.92 Å². The van der Waals surface area contributed by atoms with Crippen LogP contribution in [0.2, 0.25) is 0 Å². The summed E-state index contributed by atoms with van der Waals surface area (Å²) in [5.41, 5.74) is 1.24. The highest BCUT2D eigenvalue weighted by Crippen LogP contribution is 2.11. The van der Waals surface area contributed by atoms with Gasteiger partial charge in [-0.2, -0.15) is 0 Å². The topological polar surface area (TPSA) is 26.3 Å². The first-order valence-electron chi connectivity index (χ1n) is 5.46. The maximum Gasteiger partial charge on any atom is 0.315 e. The lowest BCUT2D eigenvalue weighted by Gasteiger charge is -2.06. The minimum absolute atomic E-state index is 0.116. The number of carbonyl (C=O) groups is 1. The summed E-state index contributed by atoms with van der Waals surface area (Å²) >= 11 is 1.59. The molecule has 1 aromatic rings. The van der Waals surface area contributed by atoms with Gasteiger partial charge in [-0.3, -0.25) is 4.79 Å². The van der Waals surface area contributed by atoms with E-state index in [0.717, 1.165) is 5.75 Å². The SMILES string of the molecule is CC(C)COC(=O)CSCc1ccccc1. The van der Waals surface area contributed by atoms with E-state index in [1.54, 1.807) is 11.8 Å². The molecule has 0 heterocycles. The lowest BCUT2D eigenvalue weighted by atomic mass is 10.2. The maximum atomic E-state index is 11.3. The van der Waals surface area contributed by atoms with E-state index in [1.807, 2.05) is 32.0 Å². The molecule has 0 bridgehead atoms. The van der Waals surface area contributed by atoms with Crippen molar-refractivity contribution in [3.05, 3.63) is 35.9 Å². The predicted molar refractivity (Wildman–Crippen MR) is 68.4 cm³/mol. The molecule has 0 saturated carbocycles. The molecule has 0 aliphatic rings. The molecule has 0 unspecified atom stereocenters. The van der Waals surface area contributed by atoms with Crippen LogP contribution < -0.4 is 0 Å². The van der Waals surface area contributed by atoms with Crippen molar-refractivity contribution in [1.82, 2.24) is 0 Å². The van der Waals surface area contributed by atoms with Gasteiger partial charge >= 0.3 is 5.97 Å².